The topological polar surface area (TPSA) is 78.9 Å². The number of ether oxygens (including phenoxy) is 3. The highest BCUT2D eigenvalue weighted by molar-refractivity contribution is 5.71. The number of unbranched alkanes of at least 4 members (excludes halogenated alkanes) is 14. The smallest absolute Gasteiger partial charge is 0.306 e. The van der Waals surface area contributed by atoms with Crippen molar-refractivity contribution < 1.29 is 28.6 Å². The predicted molar refractivity (Wildman–Crippen MR) is 306 cm³/mol. The fourth-order valence-electron chi connectivity index (χ4n) is 7.20. The van der Waals surface area contributed by atoms with Crippen LogP contribution in [0.25, 0.3) is 0 Å². The minimum absolute atomic E-state index is 0.123. The second-order valence-electron chi connectivity index (χ2n) is 18.0. The van der Waals surface area contributed by atoms with Gasteiger partial charge in [-0.15, -0.1) is 0 Å². The lowest BCUT2D eigenvalue weighted by molar-refractivity contribution is -0.166. The van der Waals surface area contributed by atoms with Gasteiger partial charge >= 0.3 is 17.9 Å². The lowest BCUT2D eigenvalue weighted by Crippen LogP contribution is -2.30. The average molecular weight is 980 g/mol. The first-order valence-electron chi connectivity index (χ1n) is 28.3. The molecule has 0 aliphatic rings. The monoisotopic (exact) mass is 979 g/mol. The van der Waals surface area contributed by atoms with Crippen LogP contribution in [0.2, 0.25) is 0 Å². The molecule has 6 nitrogen and oxygen atoms in total. The Hall–Kier alpha value is -4.71. The summed E-state index contributed by atoms with van der Waals surface area (Å²) in [6, 6.07) is 0. The van der Waals surface area contributed by atoms with E-state index in [0.29, 0.717) is 19.3 Å². The highest BCUT2D eigenvalue weighted by Gasteiger charge is 2.19. The quantitative estimate of drug-likeness (QED) is 0.0262. The SMILES string of the molecule is CC/C=C\C/C=C\C/C=C\C/C=C\C/C=C\CCCCCCCCCCCCCC(=O)OCC(COC(=O)CCCCC/C=C\C/C=C\C/C=C\CC)OC(=O)CC/C=C\C/C=C\C/C=C\C/C=C\CC. The molecule has 0 aromatic carbocycles. The second-order valence-corrected chi connectivity index (χ2v) is 18.0. The molecule has 0 N–H and O–H groups in total. The van der Waals surface area contributed by atoms with Gasteiger partial charge < -0.3 is 14.2 Å². The molecule has 1 unspecified atom stereocenters. The molecule has 0 spiro atoms. The van der Waals surface area contributed by atoms with Crippen LogP contribution in [0.1, 0.15) is 226 Å². The zero-order chi connectivity index (χ0) is 51.4. The minimum atomic E-state index is -0.835. The van der Waals surface area contributed by atoms with Gasteiger partial charge in [-0.1, -0.05) is 231 Å². The Balaban J connectivity index is 4.36. The lowest BCUT2D eigenvalue weighted by atomic mass is 10.0. The maximum Gasteiger partial charge on any atom is 0.306 e. The molecule has 0 aliphatic carbocycles. The summed E-state index contributed by atoms with van der Waals surface area (Å²) >= 11 is 0. The van der Waals surface area contributed by atoms with Gasteiger partial charge in [-0.25, -0.2) is 0 Å². The van der Waals surface area contributed by atoms with Crippen LogP contribution in [0, 0.1) is 0 Å². The van der Waals surface area contributed by atoms with Crippen LogP contribution in [0.3, 0.4) is 0 Å². The molecular formula is C65H102O6. The zero-order valence-electron chi connectivity index (χ0n) is 45.4. The van der Waals surface area contributed by atoms with E-state index in [4.69, 9.17) is 14.2 Å². The number of allylic oxidation sites excluding steroid dienone is 24. The fourth-order valence-corrected chi connectivity index (χ4v) is 7.20. The number of carbonyl (C=O) groups excluding carboxylic acids is 3. The van der Waals surface area contributed by atoms with Crippen LogP contribution in [0.5, 0.6) is 0 Å². The summed E-state index contributed by atoms with van der Waals surface area (Å²) in [5, 5.41) is 0. The lowest BCUT2D eigenvalue weighted by Gasteiger charge is -2.18. The van der Waals surface area contributed by atoms with E-state index < -0.39 is 12.1 Å². The average Bonchev–Trinajstić information content (AvgIpc) is 3.37. The van der Waals surface area contributed by atoms with Crippen molar-refractivity contribution in [3.05, 3.63) is 146 Å². The van der Waals surface area contributed by atoms with Crippen molar-refractivity contribution in [1.29, 1.82) is 0 Å². The normalized spacial score (nSPS) is 13.2. The summed E-state index contributed by atoms with van der Waals surface area (Å²) in [5.41, 5.74) is 0. The third-order valence-electron chi connectivity index (χ3n) is 11.3. The van der Waals surface area contributed by atoms with Gasteiger partial charge in [-0.2, -0.15) is 0 Å². The predicted octanol–water partition coefficient (Wildman–Crippen LogP) is 19.2. The molecule has 0 aromatic rings. The van der Waals surface area contributed by atoms with E-state index in [1.54, 1.807) is 0 Å². The molecule has 0 saturated carbocycles. The standard InChI is InChI=1S/C65H102O6/c1-4-7-10-13-16-19-22-25-26-27-28-29-30-31-32-33-34-35-36-37-38-41-43-46-49-52-55-58-64(67)70-61-62(71-65(68)59-56-53-50-47-44-40-24-21-18-15-12-9-6-3)60-69-63(66)57-54-51-48-45-42-39-23-20-17-14-11-8-5-2/h7-12,16-21,25-26,28-29,31-32,39-40,42,44,50,53,62H,4-6,13-15,22-24,27,30,33-38,41,43,45-49,51-52,54-61H2,1-3H3/b10-7-,11-8-,12-9-,19-16-,20-17-,21-18-,26-25-,29-28-,32-31-,42-39-,44-40-,53-50-. The van der Waals surface area contributed by atoms with E-state index >= 15 is 0 Å². The Bertz CT molecular complexity index is 1590. The van der Waals surface area contributed by atoms with E-state index in [9.17, 15) is 14.4 Å². The second kappa shape index (κ2) is 57.9. The largest absolute Gasteiger partial charge is 0.462 e. The Morgan fingerprint density at radius 2 is 0.535 bits per heavy atom. The van der Waals surface area contributed by atoms with Gasteiger partial charge in [0.05, 0.1) is 0 Å². The molecule has 0 heterocycles. The van der Waals surface area contributed by atoms with Gasteiger partial charge in [0.2, 0.25) is 0 Å². The van der Waals surface area contributed by atoms with Crippen molar-refractivity contribution in [3.8, 4) is 0 Å². The number of esters is 3. The Morgan fingerprint density at radius 3 is 0.859 bits per heavy atom. The number of carbonyl (C=O) groups is 3. The van der Waals surface area contributed by atoms with E-state index in [-0.39, 0.29) is 31.6 Å². The highest BCUT2D eigenvalue weighted by atomic mass is 16.6. The Kier molecular flexibility index (Phi) is 54.0. The van der Waals surface area contributed by atoms with Gasteiger partial charge in [0.1, 0.15) is 13.2 Å². The molecule has 1 atom stereocenters. The van der Waals surface area contributed by atoms with Crippen LogP contribution in [0.4, 0.5) is 0 Å². The van der Waals surface area contributed by atoms with E-state index in [1.165, 1.54) is 57.8 Å². The van der Waals surface area contributed by atoms with Crippen molar-refractivity contribution in [1.82, 2.24) is 0 Å². The molecule has 0 aliphatic heterocycles. The molecule has 0 fully saturated rings. The molecule has 398 valence electrons. The van der Waals surface area contributed by atoms with Gasteiger partial charge in [0, 0.05) is 19.3 Å². The number of rotatable bonds is 49. The van der Waals surface area contributed by atoms with Crippen molar-refractivity contribution in [2.45, 2.75) is 232 Å². The van der Waals surface area contributed by atoms with Gasteiger partial charge in [0.15, 0.2) is 6.10 Å². The summed E-state index contributed by atoms with van der Waals surface area (Å²) in [6.07, 6.45) is 82.9. The molecule has 0 bridgehead atoms. The van der Waals surface area contributed by atoms with Crippen LogP contribution >= 0.6 is 0 Å². The van der Waals surface area contributed by atoms with Gasteiger partial charge in [-0.05, 0) is 122 Å². The van der Waals surface area contributed by atoms with E-state index in [1.807, 2.05) is 12.2 Å². The first-order chi connectivity index (χ1) is 35.0. The van der Waals surface area contributed by atoms with Crippen molar-refractivity contribution in [3.63, 3.8) is 0 Å². The third kappa shape index (κ3) is 56.1. The maximum absolute atomic E-state index is 12.8. The fraction of sp³-hybridized carbons (Fsp3) is 0.585. The van der Waals surface area contributed by atoms with Crippen molar-refractivity contribution in [2.75, 3.05) is 13.2 Å². The minimum Gasteiger partial charge on any atom is -0.462 e. The van der Waals surface area contributed by atoms with Crippen molar-refractivity contribution in [2.24, 2.45) is 0 Å². The van der Waals surface area contributed by atoms with Crippen LogP contribution < -0.4 is 0 Å². The molecule has 0 rings (SSSR count). The molecular weight excluding hydrogens is 877 g/mol. The number of hydrogen-bond acceptors (Lipinski definition) is 6. The molecule has 6 heteroatoms. The zero-order valence-corrected chi connectivity index (χ0v) is 45.4. The van der Waals surface area contributed by atoms with Gasteiger partial charge in [0.25, 0.3) is 0 Å². The summed E-state index contributed by atoms with van der Waals surface area (Å²) in [6.45, 7) is 6.19. The summed E-state index contributed by atoms with van der Waals surface area (Å²) in [7, 11) is 0. The first kappa shape index (κ1) is 66.3. The third-order valence-corrected chi connectivity index (χ3v) is 11.3. The van der Waals surface area contributed by atoms with E-state index in [2.05, 4.69) is 154 Å². The van der Waals surface area contributed by atoms with E-state index in [0.717, 1.165) is 122 Å². The van der Waals surface area contributed by atoms with Crippen LogP contribution in [-0.2, 0) is 28.6 Å². The molecule has 0 saturated heterocycles. The van der Waals surface area contributed by atoms with Crippen molar-refractivity contribution >= 4 is 17.9 Å². The first-order valence-corrected chi connectivity index (χ1v) is 28.3. The van der Waals surface area contributed by atoms with Gasteiger partial charge in [-0.3, -0.25) is 14.4 Å². The highest BCUT2D eigenvalue weighted by Crippen LogP contribution is 2.14. The molecule has 0 radical (unpaired) electrons. The number of hydrogen-bond donors (Lipinski definition) is 0. The Morgan fingerprint density at radius 1 is 0.282 bits per heavy atom. The van der Waals surface area contributed by atoms with Crippen LogP contribution in [-0.4, -0.2) is 37.2 Å². The molecule has 0 amide bonds. The Labute approximate surface area is 436 Å². The van der Waals surface area contributed by atoms with Crippen LogP contribution in [0.15, 0.2) is 146 Å². The maximum atomic E-state index is 12.8. The molecule has 0 aromatic heterocycles. The summed E-state index contributed by atoms with van der Waals surface area (Å²) in [4.78, 5) is 38.0. The summed E-state index contributed by atoms with van der Waals surface area (Å²) in [5.74, 6) is -1.05. The molecule has 71 heavy (non-hydrogen) atoms. The summed E-state index contributed by atoms with van der Waals surface area (Å²) < 4.78 is 16.7.